The smallest absolute Gasteiger partial charge is 0.335 e. The maximum atomic E-state index is 11.5. The van der Waals surface area contributed by atoms with Gasteiger partial charge in [-0.2, -0.15) is 0 Å². The van der Waals surface area contributed by atoms with Crippen LogP contribution in [0.3, 0.4) is 0 Å². The zero-order chi connectivity index (χ0) is 15.0. The molecule has 0 unspecified atom stereocenters. The van der Waals surface area contributed by atoms with Crippen LogP contribution < -0.4 is 4.74 Å². The number of ether oxygens (including phenoxy) is 1. The molecular formula is C16H24O3. The molecule has 1 rings (SSSR count). The molecule has 0 aliphatic rings. The summed E-state index contributed by atoms with van der Waals surface area (Å²) in [6.07, 6.45) is 0. The summed E-state index contributed by atoms with van der Waals surface area (Å²) in [6.45, 7) is 12.3. The first-order chi connectivity index (χ1) is 8.50. The van der Waals surface area contributed by atoms with Crippen molar-refractivity contribution in [2.75, 3.05) is 7.11 Å². The van der Waals surface area contributed by atoms with Gasteiger partial charge in [0.15, 0.2) is 0 Å². The predicted molar refractivity (Wildman–Crippen MR) is 77.4 cm³/mol. The minimum Gasteiger partial charge on any atom is -0.496 e. The summed E-state index contributed by atoms with van der Waals surface area (Å²) >= 11 is 0. The number of carboxylic acid groups (broad SMARTS) is 1. The Morgan fingerprint density at radius 3 is 1.79 bits per heavy atom. The highest BCUT2D eigenvalue weighted by Crippen LogP contribution is 2.41. The zero-order valence-corrected chi connectivity index (χ0v) is 12.9. The highest BCUT2D eigenvalue weighted by atomic mass is 16.5. The summed E-state index contributed by atoms with van der Waals surface area (Å²) in [5.74, 6) is -0.138. The van der Waals surface area contributed by atoms with Gasteiger partial charge in [-0.3, -0.25) is 0 Å². The first-order valence-corrected chi connectivity index (χ1v) is 6.45. The fourth-order valence-electron chi connectivity index (χ4n) is 2.46. The van der Waals surface area contributed by atoms with Crippen LogP contribution in [0, 0.1) is 0 Å². The Labute approximate surface area is 115 Å². The van der Waals surface area contributed by atoms with E-state index in [-0.39, 0.29) is 10.8 Å². The molecule has 0 radical (unpaired) electrons. The summed E-state index contributed by atoms with van der Waals surface area (Å²) in [4.78, 5) is 11.5. The number of hydrogen-bond acceptors (Lipinski definition) is 2. The van der Waals surface area contributed by atoms with Gasteiger partial charge >= 0.3 is 5.97 Å². The molecule has 0 spiro atoms. The van der Waals surface area contributed by atoms with E-state index in [0.717, 1.165) is 16.9 Å². The molecule has 0 bridgehead atoms. The molecule has 0 atom stereocenters. The van der Waals surface area contributed by atoms with Gasteiger partial charge in [-0.05, 0) is 28.5 Å². The quantitative estimate of drug-likeness (QED) is 0.878. The average molecular weight is 264 g/mol. The van der Waals surface area contributed by atoms with Gasteiger partial charge in [0.05, 0.1) is 12.7 Å². The molecule has 0 fully saturated rings. The molecular weight excluding hydrogens is 240 g/mol. The third kappa shape index (κ3) is 3.09. The van der Waals surface area contributed by atoms with Crippen LogP contribution in [0.25, 0.3) is 0 Å². The van der Waals surface area contributed by atoms with Gasteiger partial charge in [0.1, 0.15) is 5.75 Å². The van der Waals surface area contributed by atoms with E-state index in [2.05, 4.69) is 20.8 Å². The third-order valence-electron chi connectivity index (χ3n) is 3.12. The normalized spacial score (nSPS) is 12.4. The Morgan fingerprint density at radius 2 is 1.47 bits per heavy atom. The number of methoxy groups -OCH3 is 1. The Morgan fingerprint density at radius 1 is 1.00 bits per heavy atom. The molecule has 0 aliphatic heterocycles. The van der Waals surface area contributed by atoms with Crippen molar-refractivity contribution in [3.8, 4) is 5.75 Å². The van der Waals surface area contributed by atoms with Gasteiger partial charge in [-0.15, -0.1) is 0 Å². The largest absolute Gasteiger partial charge is 0.496 e. The van der Waals surface area contributed by atoms with Crippen LogP contribution in [-0.4, -0.2) is 18.2 Å². The monoisotopic (exact) mass is 264 g/mol. The van der Waals surface area contributed by atoms with Gasteiger partial charge < -0.3 is 9.84 Å². The number of rotatable bonds is 2. The van der Waals surface area contributed by atoms with Crippen LogP contribution in [0.4, 0.5) is 0 Å². The van der Waals surface area contributed by atoms with E-state index in [1.807, 2.05) is 20.8 Å². The molecule has 0 saturated heterocycles. The second-order valence-corrected chi connectivity index (χ2v) is 6.87. The van der Waals surface area contributed by atoms with Crippen molar-refractivity contribution in [2.24, 2.45) is 0 Å². The van der Waals surface area contributed by atoms with Crippen LogP contribution in [-0.2, 0) is 10.8 Å². The lowest BCUT2D eigenvalue weighted by Crippen LogP contribution is -2.26. The SMILES string of the molecule is COc1ccc(C(=O)O)c(C(C)(C)C)c1C(C)(C)C. The van der Waals surface area contributed by atoms with E-state index in [1.54, 1.807) is 19.2 Å². The van der Waals surface area contributed by atoms with Crippen LogP contribution in [0.15, 0.2) is 12.1 Å². The van der Waals surface area contributed by atoms with Crippen molar-refractivity contribution in [2.45, 2.75) is 52.4 Å². The van der Waals surface area contributed by atoms with E-state index in [1.165, 1.54) is 0 Å². The molecule has 1 N–H and O–H groups in total. The minimum absolute atomic E-state index is 0.181. The molecule has 0 aromatic heterocycles. The topological polar surface area (TPSA) is 46.5 Å². The predicted octanol–water partition coefficient (Wildman–Crippen LogP) is 3.99. The first-order valence-electron chi connectivity index (χ1n) is 6.45. The molecule has 1 aromatic carbocycles. The fourth-order valence-corrected chi connectivity index (χ4v) is 2.46. The molecule has 0 amide bonds. The van der Waals surface area contributed by atoms with Crippen LogP contribution in [0.2, 0.25) is 0 Å². The summed E-state index contributed by atoms with van der Waals surface area (Å²) in [6, 6.07) is 3.39. The second kappa shape index (κ2) is 4.87. The Kier molecular flexibility index (Phi) is 3.99. The Bertz CT molecular complexity index is 488. The lowest BCUT2D eigenvalue weighted by Gasteiger charge is -2.32. The molecule has 0 aliphatic carbocycles. The number of carbonyl (C=O) groups is 1. The van der Waals surface area contributed by atoms with Gasteiger partial charge in [0, 0.05) is 5.56 Å². The van der Waals surface area contributed by atoms with E-state index >= 15 is 0 Å². The van der Waals surface area contributed by atoms with Crippen LogP contribution in [0.1, 0.15) is 63.0 Å². The second-order valence-electron chi connectivity index (χ2n) is 6.87. The molecule has 3 heteroatoms. The third-order valence-corrected chi connectivity index (χ3v) is 3.12. The van der Waals surface area contributed by atoms with Crippen LogP contribution in [0.5, 0.6) is 5.75 Å². The molecule has 106 valence electrons. The maximum Gasteiger partial charge on any atom is 0.335 e. The average Bonchev–Trinajstić information content (AvgIpc) is 2.24. The van der Waals surface area contributed by atoms with Crippen molar-refractivity contribution in [3.05, 3.63) is 28.8 Å². The highest BCUT2D eigenvalue weighted by Gasteiger charge is 2.32. The first kappa shape index (κ1) is 15.5. The van der Waals surface area contributed by atoms with E-state index in [0.29, 0.717) is 5.56 Å². The molecule has 0 saturated carbocycles. The van der Waals surface area contributed by atoms with Crippen molar-refractivity contribution >= 4 is 5.97 Å². The van der Waals surface area contributed by atoms with Gasteiger partial charge in [0.25, 0.3) is 0 Å². The number of hydrogen-bond donors (Lipinski definition) is 1. The Hall–Kier alpha value is -1.51. The number of aromatic carboxylic acids is 1. The van der Waals surface area contributed by atoms with Gasteiger partial charge in [-0.25, -0.2) is 4.79 Å². The standard InChI is InChI=1S/C16H24O3/c1-15(2,3)12-10(14(17)18)8-9-11(19-7)13(12)16(4,5)6/h8-9H,1-7H3,(H,17,18). The van der Waals surface area contributed by atoms with Gasteiger partial charge in [0.2, 0.25) is 0 Å². The molecule has 1 aromatic rings. The van der Waals surface area contributed by atoms with Gasteiger partial charge in [-0.1, -0.05) is 41.5 Å². The summed E-state index contributed by atoms with van der Waals surface area (Å²) in [5, 5.41) is 9.44. The maximum absolute atomic E-state index is 11.5. The zero-order valence-electron chi connectivity index (χ0n) is 12.9. The van der Waals surface area contributed by atoms with E-state index in [4.69, 9.17) is 4.74 Å². The fraction of sp³-hybridized carbons (Fsp3) is 0.562. The lowest BCUT2D eigenvalue weighted by molar-refractivity contribution is 0.0694. The van der Waals surface area contributed by atoms with Crippen molar-refractivity contribution in [1.82, 2.24) is 0 Å². The lowest BCUT2D eigenvalue weighted by atomic mass is 9.72. The minimum atomic E-state index is -0.891. The summed E-state index contributed by atoms with van der Waals surface area (Å²) in [5.41, 5.74) is 1.75. The number of benzene rings is 1. The van der Waals surface area contributed by atoms with E-state index < -0.39 is 5.97 Å². The van der Waals surface area contributed by atoms with Crippen LogP contribution >= 0.6 is 0 Å². The van der Waals surface area contributed by atoms with Crippen molar-refractivity contribution < 1.29 is 14.6 Å². The van der Waals surface area contributed by atoms with Crippen molar-refractivity contribution in [1.29, 1.82) is 0 Å². The number of carboxylic acids is 1. The molecule has 19 heavy (non-hydrogen) atoms. The highest BCUT2D eigenvalue weighted by molar-refractivity contribution is 5.91. The molecule has 3 nitrogen and oxygen atoms in total. The summed E-state index contributed by atoms with van der Waals surface area (Å²) < 4.78 is 5.45. The van der Waals surface area contributed by atoms with Crippen molar-refractivity contribution in [3.63, 3.8) is 0 Å². The molecule has 0 heterocycles. The Balaban J connectivity index is 3.83. The summed E-state index contributed by atoms with van der Waals surface area (Å²) in [7, 11) is 1.62. The van der Waals surface area contributed by atoms with E-state index in [9.17, 15) is 9.90 Å².